The molecule has 7 nitrogen and oxygen atoms in total. The quantitative estimate of drug-likeness (QED) is 0.332. The molecule has 0 spiro atoms. The molecule has 3 aromatic rings. The summed E-state index contributed by atoms with van der Waals surface area (Å²) in [7, 11) is 0. The smallest absolute Gasteiger partial charge is 0.273 e. The number of carbonyl (C=O) groups is 1. The third-order valence-electron chi connectivity index (χ3n) is 4.25. The Hall–Kier alpha value is -3.71. The van der Waals surface area contributed by atoms with Crippen molar-refractivity contribution < 1.29 is 14.5 Å². The summed E-state index contributed by atoms with van der Waals surface area (Å²) in [5.74, 6) is 0.162. The van der Waals surface area contributed by atoms with Gasteiger partial charge < -0.3 is 4.74 Å². The second-order valence-electron chi connectivity index (χ2n) is 6.44. The van der Waals surface area contributed by atoms with Crippen molar-refractivity contribution in [3.63, 3.8) is 0 Å². The fraction of sp³-hybridized carbons (Fsp3) is 0.0909. The van der Waals surface area contributed by atoms with Crippen LogP contribution in [-0.2, 0) is 6.61 Å². The molecular formula is C22H18ClN3O4. The molecule has 0 bridgehead atoms. The number of amides is 1. The molecule has 0 saturated heterocycles. The van der Waals surface area contributed by atoms with Crippen LogP contribution >= 0.6 is 11.6 Å². The van der Waals surface area contributed by atoms with Gasteiger partial charge in [0.2, 0.25) is 0 Å². The average Bonchev–Trinajstić information content (AvgIpc) is 2.74. The van der Waals surface area contributed by atoms with Gasteiger partial charge in [-0.2, -0.15) is 5.10 Å². The molecule has 0 fully saturated rings. The minimum absolute atomic E-state index is 0.110. The zero-order chi connectivity index (χ0) is 21.5. The summed E-state index contributed by atoms with van der Waals surface area (Å²) in [6.07, 6.45) is 1.48. The van der Waals surface area contributed by atoms with E-state index >= 15 is 0 Å². The predicted molar refractivity (Wildman–Crippen MR) is 115 cm³/mol. The van der Waals surface area contributed by atoms with Crippen LogP contribution in [0.25, 0.3) is 0 Å². The first-order valence-electron chi connectivity index (χ1n) is 8.98. The number of hydrogen-bond acceptors (Lipinski definition) is 5. The van der Waals surface area contributed by atoms with E-state index in [0.717, 1.165) is 11.1 Å². The van der Waals surface area contributed by atoms with Crippen LogP contribution in [0.1, 0.15) is 27.0 Å². The lowest BCUT2D eigenvalue weighted by atomic mass is 10.1. The minimum atomic E-state index is -0.530. The van der Waals surface area contributed by atoms with Gasteiger partial charge in [0.05, 0.1) is 11.1 Å². The highest BCUT2D eigenvalue weighted by Crippen LogP contribution is 2.19. The maximum Gasteiger partial charge on any atom is 0.273 e. The van der Waals surface area contributed by atoms with E-state index in [1.165, 1.54) is 24.4 Å². The Morgan fingerprint density at radius 1 is 1.13 bits per heavy atom. The maximum atomic E-state index is 12.1. The van der Waals surface area contributed by atoms with E-state index in [0.29, 0.717) is 22.9 Å². The number of aryl methyl sites for hydroxylation is 1. The monoisotopic (exact) mass is 423 g/mol. The Morgan fingerprint density at radius 3 is 2.50 bits per heavy atom. The zero-order valence-electron chi connectivity index (χ0n) is 16.0. The predicted octanol–water partition coefficient (Wildman–Crippen LogP) is 4.90. The van der Waals surface area contributed by atoms with Crippen molar-refractivity contribution in [2.24, 2.45) is 5.10 Å². The summed E-state index contributed by atoms with van der Waals surface area (Å²) >= 11 is 5.86. The van der Waals surface area contributed by atoms with Gasteiger partial charge in [-0.3, -0.25) is 14.9 Å². The highest BCUT2D eigenvalue weighted by atomic mass is 35.5. The largest absolute Gasteiger partial charge is 0.489 e. The lowest BCUT2D eigenvalue weighted by Crippen LogP contribution is -2.17. The number of benzene rings is 3. The maximum absolute atomic E-state index is 12.1. The number of rotatable bonds is 7. The van der Waals surface area contributed by atoms with Crippen molar-refractivity contribution >= 4 is 29.4 Å². The second kappa shape index (κ2) is 9.67. The number of nitrogens with zero attached hydrogens (tertiary/aromatic N) is 2. The average molecular weight is 424 g/mol. The molecule has 0 aliphatic rings. The molecule has 0 radical (unpaired) electrons. The number of halogens is 1. The second-order valence-corrected chi connectivity index (χ2v) is 6.88. The van der Waals surface area contributed by atoms with Gasteiger partial charge in [-0.15, -0.1) is 0 Å². The van der Waals surface area contributed by atoms with E-state index < -0.39 is 10.8 Å². The molecule has 8 heteroatoms. The molecule has 3 rings (SSSR count). The number of carbonyl (C=O) groups excluding carboxylic acids is 1. The van der Waals surface area contributed by atoms with E-state index in [4.69, 9.17) is 16.3 Å². The summed E-state index contributed by atoms with van der Waals surface area (Å²) in [6.45, 7) is 2.03. The molecular weight excluding hydrogens is 406 g/mol. The number of nitrogens with one attached hydrogen (secondary N) is 1. The van der Waals surface area contributed by atoms with Gasteiger partial charge in [0.25, 0.3) is 11.6 Å². The van der Waals surface area contributed by atoms with Crippen LogP contribution in [0.4, 0.5) is 5.69 Å². The summed E-state index contributed by atoms with van der Waals surface area (Å²) in [6, 6.07) is 18.9. The summed E-state index contributed by atoms with van der Waals surface area (Å²) in [5, 5.41) is 15.6. The molecule has 152 valence electrons. The SMILES string of the molecule is Cc1ccc(C(=O)N/N=C\c2ccc(OCc3ccc(Cl)cc3)cc2)cc1[N+](=O)[O-]. The molecule has 0 unspecified atom stereocenters. The highest BCUT2D eigenvalue weighted by molar-refractivity contribution is 6.30. The van der Waals surface area contributed by atoms with Gasteiger partial charge in [-0.1, -0.05) is 29.8 Å². The van der Waals surface area contributed by atoms with Gasteiger partial charge in [0.1, 0.15) is 12.4 Å². The van der Waals surface area contributed by atoms with Crippen LogP contribution in [0.15, 0.2) is 71.8 Å². The summed E-state index contributed by atoms with van der Waals surface area (Å²) in [4.78, 5) is 22.6. The first-order chi connectivity index (χ1) is 14.4. The van der Waals surface area contributed by atoms with Crippen molar-refractivity contribution in [1.82, 2.24) is 5.43 Å². The van der Waals surface area contributed by atoms with E-state index in [2.05, 4.69) is 10.5 Å². The Kier molecular flexibility index (Phi) is 6.77. The molecule has 1 amide bonds. The topological polar surface area (TPSA) is 93.8 Å². The van der Waals surface area contributed by atoms with Crippen molar-refractivity contribution in [1.29, 1.82) is 0 Å². The van der Waals surface area contributed by atoms with Gasteiger partial charge >= 0.3 is 0 Å². The first kappa shape index (κ1) is 21.0. The lowest BCUT2D eigenvalue weighted by molar-refractivity contribution is -0.385. The van der Waals surface area contributed by atoms with Crippen LogP contribution in [0.2, 0.25) is 5.02 Å². The summed E-state index contributed by atoms with van der Waals surface area (Å²) < 4.78 is 5.72. The van der Waals surface area contributed by atoms with Crippen LogP contribution in [-0.4, -0.2) is 17.0 Å². The zero-order valence-corrected chi connectivity index (χ0v) is 16.8. The van der Waals surface area contributed by atoms with E-state index in [1.54, 1.807) is 31.2 Å². The van der Waals surface area contributed by atoms with Gasteiger partial charge in [-0.05, 0) is 60.5 Å². The van der Waals surface area contributed by atoms with Crippen LogP contribution < -0.4 is 10.2 Å². The Bertz CT molecular complexity index is 1080. The Labute approximate surface area is 178 Å². The first-order valence-corrected chi connectivity index (χ1v) is 9.36. The molecule has 0 aliphatic heterocycles. The number of ether oxygens (including phenoxy) is 1. The van der Waals surface area contributed by atoms with E-state index in [9.17, 15) is 14.9 Å². The molecule has 0 heterocycles. The third-order valence-corrected chi connectivity index (χ3v) is 4.50. The fourth-order valence-electron chi connectivity index (χ4n) is 2.57. The van der Waals surface area contributed by atoms with Crippen LogP contribution in [0.5, 0.6) is 5.75 Å². The molecule has 0 aromatic heterocycles. The number of nitro benzene ring substituents is 1. The fourth-order valence-corrected chi connectivity index (χ4v) is 2.70. The van der Waals surface area contributed by atoms with E-state index in [1.807, 2.05) is 24.3 Å². The van der Waals surface area contributed by atoms with Crippen LogP contribution in [0.3, 0.4) is 0 Å². The number of hydrogen-bond donors (Lipinski definition) is 1. The van der Waals surface area contributed by atoms with Crippen molar-refractivity contribution in [3.05, 3.63) is 104 Å². The van der Waals surface area contributed by atoms with Gasteiger partial charge in [-0.25, -0.2) is 5.43 Å². The Morgan fingerprint density at radius 2 is 1.83 bits per heavy atom. The van der Waals surface area contributed by atoms with Gasteiger partial charge in [0, 0.05) is 22.2 Å². The molecule has 3 aromatic carbocycles. The molecule has 0 aliphatic carbocycles. The van der Waals surface area contributed by atoms with Crippen molar-refractivity contribution in [2.45, 2.75) is 13.5 Å². The van der Waals surface area contributed by atoms with E-state index in [-0.39, 0.29) is 11.3 Å². The highest BCUT2D eigenvalue weighted by Gasteiger charge is 2.14. The number of hydrazone groups is 1. The molecule has 0 atom stereocenters. The standard InChI is InChI=1S/C22H18ClN3O4/c1-15-2-7-18(12-21(15)26(28)29)22(27)25-24-13-16-5-10-20(11-6-16)30-14-17-3-8-19(23)9-4-17/h2-13H,14H2,1H3,(H,25,27)/b24-13-. The number of nitro groups is 1. The Balaban J connectivity index is 1.55. The van der Waals surface area contributed by atoms with Crippen molar-refractivity contribution in [3.8, 4) is 5.75 Å². The normalized spacial score (nSPS) is 10.7. The molecule has 1 N–H and O–H groups in total. The summed E-state index contributed by atoms with van der Waals surface area (Å²) in [5.41, 5.74) is 4.66. The molecule has 30 heavy (non-hydrogen) atoms. The lowest BCUT2D eigenvalue weighted by Gasteiger charge is -2.06. The van der Waals surface area contributed by atoms with Gasteiger partial charge in [0.15, 0.2) is 0 Å². The van der Waals surface area contributed by atoms with Crippen molar-refractivity contribution in [2.75, 3.05) is 0 Å². The van der Waals surface area contributed by atoms with Crippen LogP contribution in [0, 0.1) is 17.0 Å². The third kappa shape index (κ3) is 5.65. The molecule has 0 saturated carbocycles. The minimum Gasteiger partial charge on any atom is -0.489 e.